The van der Waals surface area contributed by atoms with Crippen molar-refractivity contribution in [3.05, 3.63) is 58.8 Å². The number of aromatic nitrogens is 2. The molecule has 0 unspecified atom stereocenters. The molecule has 1 aromatic heterocycles. The van der Waals surface area contributed by atoms with Gasteiger partial charge in [-0.05, 0) is 36.2 Å². The highest BCUT2D eigenvalue weighted by atomic mass is 19.4. The number of carbonyl (C=O) groups excluding carboxylic acids is 1. The molecule has 1 aliphatic heterocycles. The smallest absolute Gasteiger partial charge is 0.379 e. The monoisotopic (exact) mass is 473 g/mol. The van der Waals surface area contributed by atoms with Crippen LogP contribution in [-0.2, 0) is 17.5 Å². The molecular weight excluding hydrogens is 447 g/mol. The second-order valence-electron chi connectivity index (χ2n) is 8.36. The summed E-state index contributed by atoms with van der Waals surface area (Å²) in [6.07, 6.45) is -2.76. The number of nitrogens with zero attached hydrogens (tertiary/aromatic N) is 4. The van der Waals surface area contributed by atoms with E-state index in [4.69, 9.17) is 9.72 Å². The first kappa shape index (κ1) is 23.7. The van der Waals surface area contributed by atoms with E-state index in [0.29, 0.717) is 60.0 Å². The number of fused-ring (bicyclic) bond motifs is 1. The second-order valence-corrected chi connectivity index (χ2v) is 8.36. The molecule has 4 rings (SSSR count). The van der Waals surface area contributed by atoms with E-state index in [-0.39, 0.29) is 18.0 Å². The maximum absolute atomic E-state index is 13.3. The molecule has 180 valence electrons. The number of morpholine rings is 1. The predicted molar refractivity (Wildman–Crippen MR) is 124 cm³/mol. The van der Waals surface area contributed by atoms with Crippen LogP contribution in [0.2, 0.25) is 0 Å². The minimum absolute atomic E-state index is 0.133. The van der Waals surface area contributed by atoms with Gasteiger partial charge in [0.25, 0.3) is 5.91 Å². The Bertz CT molecular complexity index is 1210. The van der Waals surface area contributed by atoms with Crippen LogP contribution in [0.1, 0.15) is 27.0 Å². The number of benzene rings is 2. The van der Waals surface area contributed by atoms with Gasteiger partial charge in [-0.1, -0.05) is 12.1 Å². The average Bonchev–Trinajstić information content (AvgIpc) is 2.82. The van der Waals surface area contributed by atoms with Crippen molar-refractivity contribution in [3.63, 3.8) is 0 Å². The predicted octanol–water partition coefficient (Wildman–Crippen LogP) is 4.11. The molecule has 1 fully saturated rings. The summed E-state index contributed by atoms with van der Waals surface area (Å²) in [5.74, 6) is 0.472. The van der Waals surface area contributed by atoms with Crippen molar-refractivity contribution in [2.75, 3.05) is 50.6 Å². The standard InChI is InChI=1S/C24H26F3N5O2/c1-15-16(5-4-6-18(15)24(25,26)27)13-28-19-11-17(23(33)31(2)3)12-20-22(19)30-21(14-29-20)32-7-9-34-10-8-32/h4-6,11-12,14,28H,7-10,13H2,1-3H3. The highest BCUT2D eigenvalue weighted by Gasteiger charge is 2.32. The van der Waals surface area contributed by atoms with Crippen molar-refractivity contribution in [1.82, 2.24) is 14.9 Å². The van der Waals surface area contributed by atoms with Crippen LogP contribution in [0, 0.1) is 6.92 Å². The van der Waals surface area contributed by atoms with Crippen LogP contribution in [0.4, 0.5) is 24.7 Å². The minimum atomic E-state index is -4.43. The van der Waals surface area contributed by atoms with Crippen LogP contribution in [0.15, 0.2) is 36.5 Å². The average molecular weight is 473 g/mol. The topological polar surface area (TPSA) is 70.6 Å². The molecule has 3 aromatic rings. The molecule has 1 saturated heterocycles. The number of hydrogen-bond acceptors (Lipinski definition) is 6. The van der Waals surface area contributed by atoms with Crippen LogP contribution in [0.3, 0.4) is 0 Å². The third-order valence-corrected chi connectivity index (χ3v) is 5.84. The Balaban J connectivity index is 1.73. The van der Waals surface area contributed by atoms with Gasteiger partial charge >= 0.3 is 6.18 Å². The van der Waals surface area contributed by atoms with E-state index >= 15 is 0 Å². The number of carbonyl (C=O) groups is 1. The van der Waals surface area contributed by atoms with Gasteiger partial charge in [0.1, 0.15) is 11.3 Å². The molecule has 1 aliphatic rings. The number of ether oxygens (including phenoxy) is 1. The van der Waals surface area contributed by atoms with E-state index in [2.05, 4.69) is 15.2 Å². The highest BCUT2D eigenvalue weighted by Crippen LogP contribution is 2.33. The van der Waals surface area contributed by atoms with Crippen molar-refractivity contribution < 1.29 is 22.7 Å². The number of nitrogens with one attached hydrogen (secondary N) is 1. The molecular formula is C24H26F3N5O2. The van der Waals surface area contributed by atoms with Crippen LogP contribution >= 0.6 is 0 Å². The van der Waals surface area contributed by atoms with Crippen LogP contribution in [0.25, 0.3) is 11.0 Å². The Morgan fingerprint density at radius 1 is 1.21 bits per heavy atom. The molecule has 0 saturated carbocycles. The molecule has 0 radical (unpaired) electrons. The summed E-state index contributed by atoms with van der Waals surface area (Å²) in [4.78, 5) is 25.5. The molecule has 2 aromatic carbocycles. The molecule has 0 spiro atoms. The summed E-state index contributed by atoms with van der Waals surface area (Å²) < 4.78 is 45.4. The van der Waals surface area contributed by atoms with Gasteiger partial charge in [-0.2, -0.15) is 13.2 Å². The number of alkyl halides is 3. The zero-order valence-corrected chi connectivity index (χ0v) is 19.2. The summed E-state index contributed by atoms with van der Waals surface area (Å²) in [6, 6.07) is 7.47. The zero-order valence-electron chi connectivity index (χ0n) is 19.2. The van der Waals surface area contributed by atoms with E-state index in [0.717, 1.165) is 6.07 Å². The maximum Gasteiger partial charge on any atom is 0.416 e. The normalized spacial score (nSPS) is 14.4. The van der Waals surface area contributed by atoms with Crippen molar-refractivity contribution in [2.24, 2.45) is 0 Å². The van der Waals surface area contributed by atoms with Crippen LogP contribution in [-0.4, -0.2) is 61.2 Å². The van der Waals surface area contributed by atoms with Gasteiger partial charge < -0.3 is 19.9 Å². The molecule has 0 bridgehead atoms. The highest BCUT2D eigenvalue weighted by molar-refractivity contribution is 6.01. The fourth-order valence-corrected chi connectivity index (χ4v) is 3.94. The van der Waals surface area contributed by atoms with E-state index in [1.54, 1.807) is 38.5 Å². The Kier molecular flexibility index (Phi) is 6.60. The summed E-state index contributed by atoms with van der Waals surface area (Å²) in [6.45, 7) is 4.15. The number of rotatable bonds is 5. The Morgan fingerprint density at radius 3 is 2.62 bits per heavy atom. The fraction of sp³-hybridized carbons (Fsp3) is 0.375. The number of anilines is 2. The molecule has 1 amide bonds. The summed E-state index contributed by atoms with van der Waals surface area (Å²) in [5, 5.41) is 3.20. The lowest BCUT2D eigenvalue weighted by molar-refractivity contribution is -0.138. The van der Waals surface area contributed by atoms with Gasteiger partial charge in [0.15, 0.2) is 0 Å². The van der Waals surface area contributed by atoms with Gasteiger partial charge in [0.05, 0.1) is 36.2 Å². The van der Waals surface area contributed by atoms with Gasteiger partial charge in [-0.15, -0.1) is 0 Å². The summed E-state index contributed by atoms with van der Waals surface area (Å²) in [7, 11) is 3.30. The van der Waals surface area contributed by atoms with Crippen molar-refractivity contribution in [3.8, 4) is 0 Å². The Hall–Kier alpha value is -3.40. The molecule has 7 nitrogen and oxygen atoms in total. The first-order chi connectivity index (χ1) is 16.1. The van der Waals surface area contributed by atoms with E-state index in [1.807, 2.05) is 0 Å². The number of halogens is 3. The van der Waals surface area contributed by atoms with E-state index < -0.39 is 11.7 Å². The molecule has 10 heteroatoms. The molecule has 0 aliphatic carbocycles. The van der Waals surface area contributed by atoms with Crippen molar-refractivity contribution in [2.45, 2.75) is 19.6 Å². The Labute approximate surface area is 195 Å². The number of hydrogen-bond donors (Lipinski definition) is 1. The SMILES string of the molecule is Cc1c(CNc2cc(C(=O)N(C)C)cc3ncc(N4CCOCC4)nc23)cccc1C(F)(F)F. The first-order valence-corrected chi connectivity index (χ1v) is 10.9. The fourth-order valence-electron chi connectivity index (χ4n) is 3.94. The molecule has 34 heavy (non-hydrogen) atoms. The van der Waals surface area contributed by atoms with Gasteiger partial charge in [0, 0.05) is 39.3 Å². The largest absolute Gasteiger partial charge is 0.416 e. The third kappa shape index (κ3) is 4.91. The van der Waals surface area contributed by atoms with Gasteiger partial charge in [0.2, 0.25) is 0 Å². The van der Waals surface area contributed by atoms with Crippen LogP contribution < -0.4 is 10.2 Å². The lowest BCUT2D eigenvalue weighted by Gasteiger charge is -2.27. The Morgan fingerprint density at radius 2 is 1.94 bits per heavy atom. The van der Waals surface area contributed by atoms with Gasteiger partial charge in [-0.25, -0.2) is 4.98 Å². The minimum Gasteiger partial charge on any atom is -0.379 e. The molecule has 2 heterocycles. The molecule has 1 N–H and O–H groups in total. The second kappa shape index (κ2) is 9.46. The third-order valence-electron chi connectivity index (χ3n) is 5.84. The zero-order chi connectivity index (χ0) is 24.5. The van der Waals surface area contributed by atoms with Crippen LogP contribution in [0.5, 0.6) is 0 Å². The summed E-state index contributed by atoms with van der Waals surface area (Å²) >= 11 is 0. The van der Waals surface area contributed by atoms with E-state index in [1.165, 1.54) is 17.9 Å². The first-order valence-electron chi connectivity index (χ1n) is 10.9. The maximum atomic E-state index is 13.3. The quantitative estimate of drug-likeness (QED) is 0.602. The summed E-state index contributed by atoms with van der Waals surface area (Å²) in [5.41, 5.74) is 2.01. The lowest BCUT2D eigenvalue weighted by Crippen LogP contribution is -2.36. The lowest BCUT2D eigenvalue weighted by atomic mass is 10.0. The van der Waals surface area contributed by atoms with E-state index in [9.17, 15) is 18.0 Å². The van der Waals surface area contributed by atoms with Gasteiger partial charge in [-0.3, -0.25) is 9.78 Å². The number of amides is 1. The molecule has 0 atom stereocenters. The van der Waals surface area contributed by atoms with Crippen molar-refractivity contribution >= 4 is 28.4 Å². The van der Waals surface area contributed by atoms with Crippen molar-refractivity contribution in [1.29, 1.82) is 0 Å².